The maximum atomic E-state index is 13.4. The lowest BCUT2D eigenvalue weighted by Gasteiger charge is -2.32. The fourth-order valence-electron chi connectivity index (χ4n) is 3.25. The lowest BCUT2D eigenvalue weighted by molar-refractivity contribution is -0.138. The third kappa shape index (κ3) is 5.06. The first-order chi connectivity index (χ1) is 12.0. The molecule has 0 unspecified atom stereocenters. The Morgan fingerprint density at radius 2 is 2.00 bits per heavy atom. The molecule has 0 atom stereocenters. The lowest BCUT2D eigenvalue weighted by Crippen LogP contribution is -2.43. The first-order valence-corrected chi connectivity index (χ1v) is 9.72. The van der Waals surface area contributed by atoms with Crippen molar-refractivity contribution in [2.75, 3.05) is 13.1 Å². The molecule has 1 aromatic heterocycles. The number of hydrogen-bond acceptors (Lipinski definition) is 3. The van der Waals surface area contributed by atoms with Crippen LogP contribution in [0.25, 0.3) is 10.4 Å². The Labute approximate surface area is 165 Å². The minimum absolute atomic E-state index is 0. The van der Waals surface area contributed by atoms with Crippen molar-refractivity contribution in [3.63, 3.8) is 0 Å². The number of hydrogen-bond donors (Lipinski definition) is 1. The highest BCUT2D eigenvalue weighted by Crippen LogP contribution is 2.30. The highest BCUT2D eigenvalue weighted by atomic mass is 35.5. The predicted octanol–water partition coefficient (Wildman–Crippen LogP) is 4.71. The number of benzene rings is 1. The Morgan fingerprint density at radius 3 is 2.65 bits per heavy atom. The standard InChI is InChI=1S/C20H25FN2OS.ClH/c1-14(2)23(20(24)15-8-10-22-11-9-15)13-18-6-7-19(25-18)16-4-3-5-17(21)12-16;/h3-7,12,14-15,22H,8-11,13H2,1-2H3;1H. The summed E-state index contributed by atoms with van der Waals surface area (Å²) >= 11 is 1.63. The number of thiophene rings is 1. The lowest BCUT2D eigenvalue weighted by atomic mass is 9.96. The van der Waals surface area contributed by atoms with Gasteiger partial charge in [-0.25, -0.2) is 4.39 Å². The first kappa shape index (κ1) is 20.9. The van der Waals surface area contributed by atoms with Gasteiger partial charge in [-0.1, -0.05) is 12.1 Å². The van der Waals surface area contributed by atoms with Gasteiger partial charge in [-0.3, -0.25) is 4.79 Å². The van der Waals surface area contributed by atoms with E-state index >= 15 is 0 Å². The van der Waals surface area contributed by atoms with Gasteiger partial charge in [-0.05, 0) is 69.6 Å². The molecule has 142 valence electrons. The summed E-state index contributed by atoms with van der Waals surface area (Å²) in [6.45, 7) is 6.61. The van der Waals surface area contributed by atoms with Crippen molar-refractivity contribution >= 4 is 29.7 Å². The van der Waals surface area contributed by atoms with E-state index in [9.17, 15) is 9.18 Å². The van der Waals surface area contributed by atoms with Crippen LogP contribution in [0.15, 0.2) is 36.4 Å². The monoisotopic (exact) mass is 396 g/mol. The van der Waals surface area contributed by atoms with Crippen molar-refractivity contribution in [3.05, 3.63) is 47.1 Å². The van der Waals surface area contributed by atoms with Crippen molar-refractivity contribution in [2.24, 2.45) is 5.92 Å². The van der Waals surface area contributed by atoms with Gasteiger partial charge in [0, 0.05) is 21.7 Å². The molecule has 1 amide bonds. The Balaban J connectivity index is 0.00000243. The molecule has 0 radical (unpaired) electrons. The molecule has 1 N–H and O–H groups in total. The summed E-state index contributed by atoms with van der Waals surface area (Å²) in [5, 5.41) is 3.31. The number of rotatable bonds is 5. The second-order valence-corrected chi connectivity index (χ2v) is 8.03. The van der Waals surface area contributed by atoms with E-state index in [0.29, 0.717) is 6.54 Å². The van der Waals surface area contributed by atoms with Crippen molar-refractivity contribution in [1.29, 1.82) is 0 Å². The number of nitrogens with one attached hydrogen (secondary N) is 1. The fourth-order valence-corrected chi connectivity index (χ4v) is 4.25. The third-order valence-electron chi connectivity index (χ3n) is 4.69. The normalized spacial score (nSPS) is 14.9. The zero-order valence-electron chi connectivity index (χ0n) is 15.2. The maximum absolute atomic E-state index is 13.4. The third-order valence-corrected chi connectivity index (χ3v) is 5.81. The zero-order valence-corrected chi connectivity index (χ0v) is 16.8. The molecule has 6 heteroatoms. The van der Waals surface area contributed by atoms with E-state index in [4.69, 9.17) is 0 Å². The van der Waals surface area contributed by atoms with Crippen LogP contribution in [-0.2, 0) is 11.3 Å². The molecule has 0 bridgehead atoms. The van der Waals surface area contributed by atoms with Gasteiger partial charge in [0.15, 0.2) is 0 Å². The Kier molecular flexibility index (Phi) is 7.62. The maximum Gasteiger partial charge on any atom is 0.226 e. The van der Waals surface area contributed by atoms with E-state index in [0.717, 1.165) is 41.2 Å². The molecule has 0 aliphatic carbocycles. The molecular formula is C20H26ClFN2OS. The number of piperidine rings is 1. The molecule has 1 aliphatic rings. The van der Waals surface area contributed by atoms with Gasteiger partial charge < -0.3 is 10.2 Å². The van der Waals surface area contributed by atoms with Crippen LogP contribution >= 0.6 is 23.7 Å². The smallest absolute Gasteiger partial charge is 0.226 e. The van der Waals surface area contributed by atoms with Gasteiger partial charge in [0.2, 0.25) is 5.91 Å². The minimum atomic E-state index is -0.225. The summed E-state index contributed by atoms with van der Waals surface area (Å²) in [6.07, 6.45) is 1.84. The summed E-state index contributed by atoms with van der Waals surface area (Å²) in [6, 6.07) is 10.9. The van der Waals surface area contributed by atoms with E-state index in [1.54, 1.807) is 23.5 Å². The summed E-state index contributed by atoms with van der Waals surface area (Å²) in [5.74, 6) is 0.167. The van der Waals surface area contributed by atoms with Crippen LogP contribution in [0, 0.1) is 11.7 Å². The van der Waals surface area contributed by atoms with Crippen LogP contribution in [0.4, 0.5) is 4.39 Å². The SMILES string of the molecule is CC(C)N(Cc1ccc(-c2cccc(F)c2)s1)C(=O)C1CCNCC1.Cl. The van der Waals surface area contributed by atoms with Gasteiger partial charge in [0.1, 0.15) is 5.82 Å². The Hall–Kier alpha value is -1.43. The molecule has 26 heavy (non-hydrogen) atoms. The Bertz CT molecular complexity index is 728. The van der Waals surface area contributed by atoms with E-state index in [1.807, 2.05) is 17.0 Å². The van der Waals surface area contributed by atoms with Crippen LogP contribution in [0.1, 0.15) is 31.6 Å². The average Bonchev–Trinajstić information content (AvgIpc) is 3.08. The van der Waals surface area contributed by atoms with E-state index < -0.39 is 0 Å². The van der Waals surface area contributed by atoms with Crippen molar-refractivity contribution in [3.8, 4) is 10.4 Å². The molecule has 0 spiro atoms. The number of carbonyl (C=O) groups is 1. The highest BCUT2D eigenvalue weighted by Gasteiger charge is 2.27. The quantitative estimate of drug-likeness (QED) is 0.793. The van der Waals surface area contributed by atoms with Crippen LogP contribution < -0.4 is 5.32 Å². The van der Waals surface area contributed by atoms with Gasteiger partial charge in [0.25, 0.3) is 0 Å². The molecule has 1 aliphatic heterocycles. The number of nitrogens with zero attached hydrogens (tertiary/aromatic N) is 1. The van der Waals surface area contributed by atoms with Crippen LogP contribution in [0.5, 0.6) is 0 Å². The van der Waals surface area contributed by atoms with Gasteiger partial charge in [-0.2, -0.15) is 0 Å². The largest absolute Gasteiger partial charge is 0.335 e. The Morgan fingerprint density at radius 1 is 1.27 bits per heavy atom. The molecular weight excluding hydrogens is 371 g/mol. The van der Waals surface area contributed by atoms with E-state index in [2.05, 4.69) is 25.2 Å². The zero-order chi connectivity index (χ0) is 17.8. The van der Waals surface area contributed by atoms with Crippen molar-refractivity contribution < 1.29 is 9.18 Å². The van der Waals surface area contributed by atoms with Crippen LogP contribution in [-0.4, -0.2) is 29.9 Å². The first-order valence-electron chi connectivity index (χ1n) is 8.90. The van der Waals surface area contributed by atoms with Gasteiger partial charge >= 0.3 is 0 Å². The van der Waals surface area contributed by atoms with E-state index in [1.165, 1.54) is 6.07 Å². The summed E-state index contributed by atoms with van der Waals surface area (Å²) in [4.78, 5) is 17.1. The molecule has 2 heterocycles. The number of halogens is 2. The molecule has 3 nitrogen and oxygen atoms in total. The van der Waals surface area contributed by atoms with Gasteiger partial charge in [0.05, 0.1) is 6.54 Å². The summed E-state index contributed by atoms with van der Waals surface area (Å²) in [7, 11) is 0. The molecule has 3 rings (SSSR count). The number of amides is 1. The highest BCUT2D eigenvalue weighted by molar-refractivity contribution is 7.15. The second kappa shape index (κ2) is 9.49. The van der Waals surface area contributed by atoms with Gasteiger partial charge in [-0.15, -0.1) is 23.7 Å². The molecule has 2 aromatic rings. The average molecular weight is 397 g/mol. The summed E-state index contributed by atoms with van der Waals surface area (Å²) in [5.41, 5.74) is 0.886. The summed E-state index contributed by atoms with van der Waals surface area (Å²) < 4.78 is 13.4. The van der Waals surface area contributed by atoms with Crippen LogP contribution in [0.2, 0.25) is 0 Å². The number of carbonyl (C=O) groups excluding carboxylic acids is 1. The second-order valence-electron chi connectivity index (χ2n) is 6.86. The molecule has 0 saturated carbocycles. The van der Waals surface area contributed by atoms with E-state index in [-0.39, 0.29) is 36.1 Å². The minimum Gasteiger partial charge on any atom is -0.335 e. The predicted molar refractivity (Wildman–Crippen MR) is 108 cm³/mol. The van der Waals surface area contributed by atoms with Crippen LogP contribution in [0.3, 0.4) is 0 Å². The molecule has 1 saturated heterocycles. The molecule has 1 fully saturated rings. The van der Waals surface area contributed by atoms with Crippen molar-refractivity contribution in [2.45, 2.75) is 39.3 Å². The topological polar surface area (TPSA) is 32.3 Å². The molecule has 1 aromatic carbocycles. The fraction of sp³-hybridized carbons (Fsp3) is 0.450. The van der Waals surface area contributed by atoms with Crippen molar-refractivity contribution in [1.82, 2.24) is 10.2 Å².